The fourth-order valence-corrected chi connectivity index (χ4v) is 4.64. The third-order valence-corrected chi connectivity index (χ3v) is 6.18. The van der Waals surface area contributed by atoms with E-state index < -0.39 is 17.7 Å². The highest BCUT2D eigenvalue weighted by molar-refractivity contribution is 14.1. The van der Waals surface area contributed by atoms with Gasteiger partial charge in [-0.25, -0.2) is 0 Å². The molecule has 0 aromatic heterocycles. The first-order valence-electron chi connectivity index (χ1n) is 9.80. The van der Waals surface area contributed by atoms with Crippen LogP contribution in [-0.2, 0) is 17.8 Å². The van der Waals surface area contributed by atoms with E-state index in [0.717, 1.165) is 46.1 Å². The zero-order valence-corrected chi connectivity index (χ0v) is 19.2. The Bertz CT molecular complexity index is 1110. The number of hydroxylamine groups is 1. The molecule has 0 aliphatic carbocycles. The molecule has 4 rings (SSSR count). The first kappa shape index (κ1) is 22.6. The van der Waals surface area contributed by atoms with E-state index in [4.69, 9.17) is 4.84 Å². The van der Waals surface area contributed by atoms with Gasteiger partial charge in [-0.15, -0.1) is 0 Å². The monoisotopic (exact) mass is 556 g/mol. The van der Waals surface area contributed by atoms with E-state index in [1.807, 2.05) is 12.1 Å². The van der Waals surface area contributed by atoms with Crippen LogP contribution in [0.1, 0.15) is 27.0 Å². The third kappa shape index (κ3) is 4.62. The number of carbonyl (C=O) groups excluding carboxylic acids is 1. The van der Waals surface area contributed by atoms with E-state index in [-0.39, 0.29) is 11.3 Å². The third-order valence-electron chi connectivity index (χ3n) is 5.22. The molecule has 2 aromatic rings. The van der Waals surface area contributed by atoms with Crippen LogP contribution in [-0.4, -0.2) is 30.9 Å². The Morgan fingerprint density at radius 2 is 2.03 bits per heavy atom. The van der Waals surface area contributed by atoms with Crippen molar-refractivity contribution in [2.75, 3.05) is 19.0 Å². The molecule has 0 atom stereocenters. The first-order valence-corrected chi connectivity index (χ1v) is 10.9. The number of rotatable bonds is 4. The lowest BCUT2D eigenvalue weighted by molar-refractivity contribution is -0.114. The highest BCUT2D eigenvalue weighted by Gasteiger charge is 2.35. The molecule has 2 aromatic carbocycles. The van der Waals surface area contributed by atoms with Crippen molar-refractivity contribution in [1.82, 2.24) is 15.9 Å². The van der Waals surface area contributed by atoms with E-state index in [0.29, 0.717) is 11.3 Å². The minimum absolute atomic E-state index is 0.0669. The fourth-order valence-electron chi connectivity index (χ4n) is 3.69. The summed E-state index contributed by atoms with van der Waals surface area (Å²) >= 11 is 2.26. The second kappa shape index (κ2) is 9.12. The Hall–Kier alpha value is -2.57. The van der Waals surface area contributed by atoms with Gasteiger partial charge in [-0.3, -0.25) is 15.1 Å². The molecule has 0 bridgehead atoms. The Morgan fingerprint density at radius 1 is 1.25 bits per heavy atom. The van der Waals surface area contributed by atoms with Gasteiger partial charge in [-0.05, 0) is 71.0 Å². The summed E-state index contributed by atoms with van der Waals surface area (Å²) in [7, 11) is 1.32. The molecular weight excluding hydrogens is 536 g/mol. The van der Waals surface area contributed by atoms with E-state index >= 15 is 0 Å². The number of halogens is 4. The average molecular weight is 556 g/mol. The van der Waals surface area contributed by atoms with Crippen LogP contribution in [0, 0.1) is 3.57 Å². The van der Waals surface area contributed by atoms with Crippen molar-refractivity contribution < 1.29 is 22.8 Å². The van der Waals surface area contributed by atoms with E-state index in [9.17, 15) is 18.0 Å². The zero-order valence-electron chi connectivity index (χ0n) is 17.0. The van der Waals surface area contributed by atoms with Crippen molar-refractivity contribution in [3.63, 3.8) is 0 Å². The molecule has 168 valence electrons. The number of carbonyl (C=O) groups is 1. The summed E-state index contributed by atoms with van der Waals surface area (Å²) < 4.78 is 40.9. The van der Waals surface area contributed by atoms with Crippen LogP contribution < -0.4 is 16.1 Å². The number of nitrogens with one attached hydrogen (secondary N) is 3. The Balaban J connectivity index is 1.68. The van der Waals surface area contributed by atoms with Gasteiger partial charge in [0.05, 0.1) is 18.4 Å². The van der Waals surface area contributed by atoms with Crippen LogP contribution in [0.25, 0.3) is 5.70 Å². The maximum absolute atomic E-state index is 13.3. The standard InChI is InChI=1S/C22H20F3IN4O2/c1-32-30-20(9-14(12-28-30)22(23,24)25)17-4-2-3-5-18(17)21(31)29-15-8-13-11-27-7-6-16(13)19(26)10-15/h2-5,8-10,12,27-28H,6-7,11H2,1H3,(H,29,31). The highest BCUT2D eigenvalue weighted by atomic mass is 127. The Labute approximate surface area is 196 Å². The number of hydrogen-bond donors (Lipinski definition) is 3. The Kier molecular flexibility index (Phi) is 6.45. The van der Waals surface area contributed by atoms with Gasteiger partial charge in [-0.1, -0.05) is 18.2 Å². The predicted molar refractivity (Wildman–Crippen MR) is 123 cm³/mol. The van der Waals surface area contributed by atoms with Crippen molar-refractivity contribution in [2.45, 2.75) is 19.1 Å². The van der Waals surface area contributed by atoms with Crippen LogP contribution in [0.2, 0.25) is 0 Å². The van der Waals surface area contributed by atoms with Gasteiger partial charge in [0.1, 0.15) is 0 Å². The normalized spacial score (nSPS) is 16.0. The Morgan fingerprint density at radius 3 is 2.78 bits per heavy atom. The highest BCUT2D eigenvalue weighted by Crippen LogP contribution is 2.34. The van der Waals surface area contributed by atoms with E-state index in [1.165, 1.54) is 12.7 Å². The number of anilines is 1. The molecule has 0 radical (unpaired) electrons. The second-order valence-electron chi connectivity index (χ2n) is 7.26. The van der Waals surface area contributed by atoms with E-state index in [2.05, 4.69) is 38.7 Å². The molecule has 10 heteroatoms. The predicted octanol–water partition coefficient (Wildman–Crippen LogP) is 4.36. The summed E-state index contributed by atoms with van der Waals surface area (Å²) in [5.74, 6) is -0.430. The lowest BCUT2D eigenvalue weighted by atomic mass is 9.99. The maximum Gasteiger partial charge on any atom is 0.417 e. The average Bonchev–Trinajstić information content (AvgIpc) is 2.78. The van der Waals surface area contributed by atoms with Crippen LogP contribution in [0.4, 0.5) is 18.9 Å². The van der Waals surface area contributed by atoms with Gasteiger partial charge < -0.3 is 10.6 Å². The van der Waals surface area contributed by atoms with Crippen molar-refractivity contribution in [2.24, 2.45) is 0 Å². The molecular formula is C22H20F3IN4O2. The molecule has 0 unspecified atom stereocenters. The number of benzene rings is 2. The molecule has 0 saturated carbocycles. The van der Waals surface area contributed by atoms with Crippen LogP contribution >= 0.6 is 22.6 Å². The summed E-state index contributed by atoms with van der Waals surface area (Å²) in [5.41, 5.74) is 5.17. The molecule has 0 spiro atoms. The lowest BCUT2D eigenvalue weighted by Crippen LogP contribution is -2.36. The number of fused-ring (bicyclic) bond motifs is 1. The number of amides is 1. The quantitative estimate of drug-likeness (QED) is 0.489. The van der Waals surface area contributed by atoms with Gasteiger partial charge in [-0.2, -0.15) is 18.3 Å². The summed E-state index contributed by atoms with van der Waals surface area (Å²) in [6.45, 7) is 1.63. The fraction of sp³-hybridized carbons (Fsp3) is 0.227. The van der Waals surface area contributed by atoms with Crippen molar-refractivity contribution >= 4 is 39.9 Å². The van der Waals surface area contributed by atoms with Crippen LogP contribution in [0.3, 0.4) is 0 Å². The molecule has 1 amide bonds. The lowest BCUT2D eigenvalue weighted by Gasteiger charge is -2.29. The van der Waals surface area contributed by atoms with Gasteiger partial charge >= 0.3 is 6.18 Å². The SMILES string of the molecule is CON1NC=C(C(F)(F)F)C=C1c1ccccc1C(=O)Nc1cc(I)c2c(c1)CNCC2. The molecule has 32 heavy (non-hydrogen) atoms. The molecule has 2 heterocycles. The minimum atomic E-state index is -4.55. The summed E-state index contributed by atoms with van der Waals surface area (Å²) in [6, 6.07) is 10.3. The topological polar surface area (TPSA) is 65.6 Å². The minimum Gasteiger partial charge on any atom is -0.322 e. The molecule has 6 nitrogen and oxygen atoms in total. The first-order chi connectivity index (χ1) is 15.3. The molecule has 0 fully saturated rings. The summed E-state index contributed by atoms with van der Waals surface area (Å²) in [4.78, 5) is 18.3. The van der Waals surface area contributed by atoms with Gasteiger partial charge in [0.15, 0.2) is 0 Å². The number of hydrogen-bond acceptors (Lipinski definition) is 5. The van der Waals surface area contributed by atoms with Gasteiger partial charge in [0, 0.05) is 33.1 Å². The van der Waals surface area contributed by atoms with Crippen molar-refractivity contribution in [3.8, 4) is 0 Å². The second-order valence-corrected chi connectivity index (χ2v) is 8.42. The summed E-state index contributed by atoms with van der Waals surface area (Å²) in [5, 5.41) is 7.28. The van der Waals surface area contributed by atoms with Crippen molar-refractivity contribution in [1.29, 1.82) is 0 Å². The van der Waals surface area contributed by atoms with Gasteiger partial charge in [0.2, 0.25) is 0 Å². The largest absolute Gasteiger partial charge is 0.417 e. The number of alkyl halides is 3. The molecule has 0 saturated heterocycles. The van der Waals surface area contributed by atoms with Crippen molar-refractivity contribution in [3.05, 3.63) is 80.1 Å². The smallest absolute Gasteiger partial charge is 0.322 e. The summed E-state index contributed by atoms with van der Waals surface area (Å²) in [6.07, 6.45) is -1.88. The van der Waals surface area contributed by atoms with E-state index in [1.54, 1.807) is 24.3 Å². The van der Waals surface area contributed by atoms with Crippen LogP contribution in [0.15, 0.2) is 54.2 Å². The van der Waals surface area contributed by atoms with Gasteiger partial charge in [0.25, 0.3) is 5.91 Å². The zero-order chi connectivity index (χ0) is 22.9. The number of nitrogens with zero attached hydrogens (tertiary/aromatic N) is 1. The van der Waals surface area contributed by atoms with Crippen LogP contribution in [0.5, 0.6) is 0 Å². The molecule has 3 N–H and O–H groups in total. The maximum atomic E-state index is 13.3. The molecule has 2 aliphatic rings. The number of hydrazine groups is 1. The molecule has 2 aliphatic heterocycles. The number of allylic oxidation sites excluding steroid dienone is 2.